The largest absolute Gasteiger partial charge is 0.383 e. The normalized spacial score (nSPS) is 12.2. The summed E-state index contributed by atoms with van der Waals surface area (Å²) >= 11 is 3.37. The number of hydrogen-bond donors (Lipinski definition) is 2. The van der Waals surface area contributed by atoms with Gasteiger partial charge in [-0.3, -0.25) is 0 Å². The molecule has 1 rings (SSSR count). The van der Waals surface area contributed by atoms with Crippen molar-refractivity contribution < 1.29 is 0 Å². The van der Waals surface area contributed by atoms with Crippen LogP contribution < -0.4 is 11.1 Å². The van der Waals surface area contributed by atoms with Crippen LogP contribution in [-0.4, -0.2) is 12.6 Å². The fraction of sp³-hybridized carbons (Fsp3) is 0.417. The van der Waals surface area contributed by atoms with Gasteiger partial charge in [0.2, 0.25) is 0 Å². The molecule has 1 aromatic carbocycles. The molecule has 4 heteroatoms. The van der Waals surface area contributed by atoms with Gasteiger partial charge in [-0.15, -0.1) is 0 Å². The number of nitriles is 1. The Morgan fingerprint density at radius 1 is 1.44 bits per heavy atom. The number of anilines is 1. The summed E-state index contributed by atoms with van der Waals surface area (Å²) in [5, 5.41) is 12.1. The third-order valence-corrected chi connectivity index (χ3v) is 2.88. The summed E-state index contributed by atoms with van der Waals surface area (Å²) in [5.41, 5.74) is 7.49. The number of halogens is 1. The monoisotopic (exact) mass is 281 g/mol. The van der Waals surface area contributed by atoms with Crippen LogP contribution in [0, 0.1) is 17.2 Å². The van der Waals surface area contributed by atoms with Crippen molar-refractivity contribution in [2.24, 2.45) is 11.7 Å². The van der Waals surface area contributed by atoms with Crippen molar-refractivity contribution in [3.63, 3.8) is 0 Å². The van der Waals surface area contributed by atoms with E-state index < -0.39 is 0 Å². The van der Waals surface area contributed by atoms with E-state index in [9.17, 15) is 0 Å². The standard InChI is InChI=1S/C12H16BrN3/c1-8(2)12(15)7-16-11-4-9(6-14)3-10(13)5-11/h3-5,8,12,16H,7,15H2,1-2H3. The van der Waals surface area contributed by atoms with Crippen molar-refractivity contribution in [3.05, 3.63) is 28.2 Å². The summed E-state index contributed by atoms with van der Waals surface area (Å²) in [6, 6.07) is 7.77. The molecule has 3 N–H and O–H groups in total. The highest BCUT2D eigenvalue weighted by Gasteiger charge is 2.07. The lowest BCUT2D eigenvalue weighted by atomic mass is 10.1. The summed E-state index contributed by atoms with van der Waals surface area (Å²) in [6.07, 6.45) is 0. The Morgan fingerprint density at radius 3 is 2.69 bits per heavy atom. The lowest BCUT2D eigenvalue weighted by molar-refractivity contribution is 0.511. The highest BCUT2D eigenvalue weighted by Crippen LogP contribution is 2.19. The van der Waals surface area contributed by atoms with Crippen molar-refractivity contribution in [2.45, 2.75) is 19.9 Å². The molecule has 1 unspecified atom stereocenters. The predicted molar refractivity (Wildman–Crippen MR) is 70.2 cm³/mol. The summed E-state index contributed by atoms with van der Waals surface area (Å²) < 4.78 is 0.896. The summed E-state index contributed by atoms with van der Waals surface area (Å²) in [7, 11) is 0. The number of rotatable bonds is 4. The molecular weight excluding hydrogens is 266 g/mol. The molecule has 0 spiro atoms. The first-order valence-corrected chi connectivity index (χ1v) is 6.02. The Bertz CT molecular complexity index is 396. The van der Waals surface area contributed by atoms with E-state index >= 15 is 0 Å². The second-order valence-electron chi connectivity index (χ2n) is 4.13. The average Bonchev–Trinajstić information content (AvgIpc) is 2.24. The van der Waals surface area contributed by atoms with Crippen LogP contribution in [0.3, 0.4) is 0 Å². The summed E-state index contributed by atoms with van der Waals surface area (Å²) in [6.45, 7) is 4.89. The van der Waals surface area contributed by atoms with Gasteiger partial charge in [-0.05, 0) is 24.1 Å². The Labute approximate surface area is 105 Å². The second kappa shape index (κ2) is 5.88. The van der Waals surface area contributed by atoms with Crippen LogP contribution in [0.2, 0.25) is 0 Å². The van der Waals surface area contributed by atoms with E-state index in [1.54, 1.807) is 6.07 Å². The highest BCUT2D eigenvalue weighted by atomic mass is 79.9. The number of benzene rings is 1. The number of nitrogens with zero attached hydrogens (tertiary/aromatic N) is 1. The van der Waals surface area contributed by atoms with E-state index in [1.165, 1.54) is 0 Å². The van der Waals surface area contributed by atoms with E-state index in [4.69, 9.17) is 11.0 Å². The molecule has 0 heterocycles. The van der Waals surface area contributed by atoms with Crippen LogP contribution in [0.15, 0.2) is 22.7 Å². The molecule has 3 nitrogen and oxygen atoms in total. The Kier molecular flexibility index (Phi) is 4.78. The molecule has 0 bridgehead atoms. The molecule has 1 aromatic rings. The molecule has 16 heavy (non-hydrogen) atoms. The summed E-state index contributed by atoms with van der Waals surface area (Å²) in [4.78, 5) is 0. The van der Waals surface area contributed by atoms with E-state index in [0.29, 0.717) is 18.0 Å². The van der Waals surface area contributed by atoms with Gasteiger partial charge in [-0.25, -0.2) is 0 Å². The lowest BCUT2D eigenvalue weighted by Crippen LogP contribution is -2.33. The molecule has 1 atom stereocenters. The first kappa shape index (κ1) is 13.0. The molecule has 0 aliphatic rings. The van der Waals surface area contributed by atoms with Crippen LogP contribution in [-0.2, 0) is 0 Å². The Hall–Kier alpha value is -1.05. The maximum atomic E-state index is 8.83. The average molecular weight is 282 g/mol. The van der Waals surface area contributed by atoms with Crippen molar-refractivity contribution >= 4 is 21.6 Å². The Morgan fingerprint density at radius 2 is 2.12 bits per heavy atom. The van der Waals surface area contributed by atoms with Gasteiger partial charge in [0, 0.05) is 22.7 Å². The molecule has 0 amide bonds. The van der Waals surface area contributed by atoms with Gasteiger partial charge in [0.1, 0.15) is 0 Å². The van der Waals surface area contributed by atoms with Crippen LogP contribution in [0.1, 0.15) is 19.4 Å². The van der Waals surface area contributed by atoms with Gasteiger partial charge in [0.05, 0.1) is 11.6 Å². The van der Waals surface area contributed by atoms with Crippen LogP contribution in [0.5, 0.6) is 0 Å². The SMILES string of the molecule is CC(C)C(N)CNc1cc(Br)cc(C#N)c1. The highest BCUT2D eigenvalue weighted by molar-refractivity contribution is 9.10. The molecule has 0 saturated carbocycles. The van der Waals surface area contributed by atoms with Crippen molar-refractivity contribution in [3.8, 4) is 6.07 Å². The lowest BCUT2D eigenvalue weighted by Gasteiger charge is -2.17. The number of nitrogens with one attached hydrogen (secondary N) is 1. The van der Waals surface area contributed by atoms with Crippen molar-refractivity contribution in [2.75, 3.05) is 11.9 Å². The molecule has 0 aliphatic heterocycles. The smallest absolute Gasteiger partial charge is 0.0992 e. The molecule has 0 fully saturated rings. The van der Waals surface area contributed by atoms with E-state index in [2.05, 4.69) is 41.2 Å². The fourth-order valence-corrected chi connectivity index (χ4v) is 1.72. The minimum Gasteiger partial charge on any atom is -0.383 e. The van der Waals surface area contributed by atoms with Gasteiger partial charge < -0.3 is 11.1 Å². The Balaban J connectivity index is 2.68. The maximum absolute atomic E-state index is 8.83. The second-order valence-corrected chi connectivity index (χ2v) is 5.04. The minimum atomic E-state index is 0.115. The molecule has 0 aromatic heterocycles. The van der Waals surface area contributed by atoms with Crippen LogP contribution >= 0.6 is 15.9 Å². The van der Waals surface area contributed by atoms with Gasteiger partial charge in [-0.1, -0.05) is 29.8 Å². The minimum absolute atomic E-state index is 0.115. The third-order valence-electron chi connectivity index (χ3n) is 2.43. The first-order valence-electron chi connectivity index (χ1n) is 5.23. The van der Waals surface area contributed by atoms with Crippen molar-refractivity contribution in [1.29, 1.82) is 5.26 Å². The van der Waals surface area contributed by atoms with E-state index in [-0.39, 0.29) is 6.04 Å². The van der Waals surface area contributed by atoms with Gasteiger partial charge >= 0.3 is 0 Å². The quantitative estimate of drug-likeness (QED) is 0.892. The van der Waals surface area contributed by atoms with Crippen LogP contribution in [0.4, 0.5) is 5.69 Å². The molecule has 0 aliphatic carbocycles. The first-order chi connectivity index (χ1) is 7.52. The van der Waals surface area contributed by atoms with Gasteiger partial charge in [-0.2, -0.15) is 5.26 Å². The fourth-order valence-electron chi connectivity index (χ4n) is 1.23. The zero-order valence-corrected chi connectivity index (χ0v) is 11.1. The predicted octanol–water partition coefficient (Wildman–Crippen LogP) is 2.72. The molecular formula is C12H16BrN3. The molecule has 86 valence electrons. The zero-order chi connectivity index (χ0) is 12.1. The third kappa shape index (κ3) is 3.84. The topological polar surface area (TPSA) is 61.8 Å². The zero-order valence-electron chi connectivity index (χ0n) is 9.50. The molecule has 0 radical (unpaired) electrons. The van der Waals surface area contributed by atoms with E-state index in [1.807, 2.05) is 12.1 Å². The van der Waals surface area contributed by atoms with Gasteiger partial charge in [0.25, 0.3) is 0 Å². The molecule has 0 saturated heterocycles. The number of nitrogens with two attached hydrogens (primary N) is 1. The van der Waals surface area contributed by atoms with Crippen LogP contribution in [0.25, 0.3) is 0 Å². The van der Waals surface area contributed by atoms with E-state index in [0.717, 1.165) is 10.2 Å². The van der Waals surface area contributed by atoms with Gasteiger partial charge in [0.15, 0.2) is 0 Å². The maximum Gasteiger partial charge on any atom is 0.0992 e. The summed E-state index contributed by atoms with van der Waals surface area (Å²) in [5.74, 6) is 0.440. The number of hydrogen-bond acceptors (Lipinski definition) is 3. The van der Waals surface area contributed by atoms with Crippen molar-refractivity contribution in [1.82, 2.24) is 0 Å².